The molecule has 0 unspecified atom stereocenters. The number of fused-ring (bicyclic) bond motifs is 2. The van der Waals surface area contributed by atoms with E-state index in [1.54, 1.807) is 54.9 Å². The predicted molar refractivity (Wildman–Crippen MR) is 119 cm³/mol. The Balaban J connectivity index is 1.69. The van der Waals surface area contributed by atoms with Crippen molar-refractivity contribution in [1.29, 1.82) is 0 Å². The Morgan fingerprint density at radius 3 is 2.52 bits per heavy atom. The Kier molecular flexibility index (Phi) is 4.97. The summed E-state index contributed by atoms with van der Waals surface area (Å²) in [4.78, 5) is 16.6. The molecule has 3 heterocycles. The summed E-state index contributed by atoms with van der Waals surface area (Å²) in [6.07, 6.45) is 4.73. The third-order valence-electron chi connectivity index (χ3n) is 4.69. The second kappa shape index (κ2) is 7.94. The van der Waals surface area contributed by atoms with Gasteiger partial charge in [-0.05, 0) is 54.1 Å². The van der Waals surface area contributed by atoms with Gasteiger partial charge in [0.15, 0.2) is 17.2 Å². The second-order valence-corrected chi connectivity index (χ2v) is 8.17. The van der Waals surface area contributed by atoms with Crippen LogP contribution in [0.2, 0.25) is 5.02 Å². The molecule has 0 atom stereocenters. The molecule has 5 rings (SSSR count). The van der Waals surface area contributed by atoms with Gasteiger partial charge in [-0.25, -0.2) is 4.79 Å². The molecule has 0 spiro atoms. The maximum Gasteiger partial charge on any atom is 0.336 e. The van der Waals surface area contributed by atoms with E-state index in [-0.39, 0.29) is 12.4 Å². The lowest BCUT2D eigenvalue weighted by atomic mass is 10.1. The Morgan fingerprint density at radius 2 is 1.81 bits per heavy atom. The number of hydrogen-bond donors (Lipinski definition) is 1. The Labute approximate surface area is 185 Å². The van der Waals surface area contributed by atoms with E-state index < -0.39 is 5.97 Å². The monoisotopic (exact) mass is 451 g/mol. The number of rotatable bonds is 5. The van der Waals surface area contributed by atoms with Gasteiger partial charge in [0.05, 0.1) is 10.5 Å². The highest BCUT2D eigenvalue weighted by Gasteiger charge is 2.22. The number of carboxylic acid groups (broad SMARTS) is 1. The van der Waals surface area contributed by atoms with E-state index in [9.17, 15) is 9.90 Å². The minimum atomic E-state index is -1.05. The zero-order valence-corrected chi connectivity index (χ0v) is 17.4. The van der Waals surface area contributed by atoms with E-state index in [2.05, 4.69) is 4.98 Å². The number of halogens is 1. The van der Waals surface area contributed by atoms with Crippen LogP contribution in [-0.2, 0) is 4.79 Å². The molecule has 0 saturated heterocycles. The largest absolute Gasteiger partial charge is 0.478 e. The molecule has 4 aromatic rings. The van der Waals surface area contributed by atoms with Gasteiger partial charge >= 0.3 is 5.97 Å². The van der Waals surface area contributed by atoms with Crippen LogP contribution >= 0.6 is 22.9 Å². The maximum absolute atomic E-state index is 12.0. The van der Waals surface area contributed by atoms with Crippen LogP contribution in [0, 0.1) is 0 Å². The number of pyridine rings is 1. The SMILES string of the molecule is O=C(O)/C(=C/c1sc2cc3c(cc2c1Oc1ccc(Cl)cc1)OCO3)c1ccncc1. The summed E-state index contributed by atoms with van der Waals surface area (Å²) in [6, 6.07) is 14.0. The molecule has 0 aliphatic carbocycles. The van der Waals surface area contributed by atoms with E-state index in [4.69, 9.17) is 25.8 Å². The molecular weight excluding hydrogens is 438 g/mol. The Morgan fingerprint density at radius 1 is 1.10 bits per heavy atom. The molecule has 0 radical (unpaired) electrons. The number of aromatic nitrogens is 1. The number of thiophene rings is 1. The lowest BCUT2D eigenvalue weighted by Crippen LogP contribution is -1.99. The van der Waals surface area contributed by atoms with Crippen LogP contribution in [0.3, 0.4) is 0 Å². The predicted octanol–water partition coefficient (Wildman–Crippen LogP) is 6.10. The van der Waals surface area contributed by atoms with Crippen molar-refractivity contribution in [2.75, 3.05) is 6.79 Å². The molecule has 31 heavy (non-hydrogen) atoms. The zero-order chi connectivity index (χ0) is 21.4. The first-order chi connectivity index (χ1) is 15.1. The van der Waals surface area contributed by atoms with Gasteiger partial charge in [0.25, 0.3) is 0 Å². The smallest absolute Gasteiger partial charge is 0.336 e. The van der Waals surface area contributed by atoms with E-state index in [1.165, 1.54) is 11.3 Å². The molecule has 1 N–H and O–H groups in total. The first-order valence-corrected chi connectivity index (χ1v) is 10.4. The van der Waals surface area contributed by atoms with Gasteiger partial charge in [-0.2, -0.15) is 0 Å². The lowest BCUT2D eigenvalue weighted by Gasteiger charge is -2.08. The van der Waals surface area contributed by atoms with E-state index in [0.29, 0.717) is 38.5 Å². The second-order valence-electron chi connectivity index (χ2n) is 6.65. The molecule has 1 aliphatic heterocycles. The minimum Gasteiger partial charge on any atom is -0.478 e. The van der Waals surface area contributed by atoms with Gasteiger partial charge in [-0.3, -0.25) is 4.98 Å². The Hall–Kier alpha value is -3.55. The van der Waals surface area contributed by atoms with Crippen molar-refractivity contribution >= 4 is 50.6 Å². The van der Waals surface area contributed by atoms with Gasteiger partial charge in [0.2, 0.25) is 6.79 Å². The number of aliphatic carboxylic acids is 1. The van der Waals surface area contributed by atoms with Crippen LogP contribution in [0.4, 0.5) is 0 Å². The fourth-order valence-electron chi connectivity index (χ4n) is 3.23. The quantitative estimate of drug-likeness (QED) is 0.369. The first-order valence-electron chi connectivity index (χ1n) is 9.23. The average Bonchev–Trinajstić information content (AvgIpc) is 3.36. The van der Waals surface area contributed by atoms with Gasteiger partial charge in [-0.15, -0.1) is 11.3 Å². The average molecular weight is 452 g/mol. The van der Waals surface area contributed by atoms with Crippen molar-refractivity contribution in [3.05, 3.63) is 76.4 Å². The zero-order valence-electron chi connectivity index (χ0n) is 15.9. The van der Waals surface area contributed by atoms with E-state index in [0.717, 1.165) is 10.1 Å². The van der Waals surface area contributed by atoms with Crippen molar-refractivity contribution < 1.29 is 24.1 Å². The molecule has 8 heteroatoms. The van der Waals surface area contributed by atoms with Gasteiger partial charge in [-0.1, -0.05) is 11.6 Å². The summed E-state index contributed by atoms with van der Waals surface area (Å²) in [5, 5.41) is 11.2. The van der Waals surface area contributed by atoms with Gasteiger partial charge in [0.1, 0.15) is 5.75 Å². The van der Waals surface area contributed by atoms with Gasteiger partial charge in [0, 0.05) is 33.6 Å². The van der Waals surface area contributed by atoms with Gasteiger partial charge < -0.3 is 19.3 Å². The summed E-state index contributed by atoms with van der Waals surface area (Å²) in [7, 11) is 0. The third-order valence-corrected chi connectivity index (χ3v) is 6.03. The summed E-state index contributed by atoms with van der Waals surface area (Å²) in [5.74, 6) is 1.34. The molecule has 154 valence electrons. The van der Waals surface area contributed by atoms with Crippen molar-refractivity contribution in [2.45, 2.75) is 0 Å². The number of nitrogens with zero attached hydrogens (tertiary/aromatic N) is 1. The van der Waals surface area contributed by atoms with Crippen molar-refractivity contribution in [3.63, 3.8) is 0 Å². The summed E-state index contributed by atoms with van der Waals surface area (Å²) >= 11 is 7.40. The number of carbonyl (C=O) groups is 1. The summed E-state index contributed by atoms with van der Waals surface area (Å²) in [6.45, 7) is 0.165. The molecule has 1 aliphatic rings. The molecule has 0 amide bonds. The van der Waals surface area contributed by atoms with E-state index in [1.807, 2.05) is 12.1 Å². The molecule has 2 aromatic heterocycles. The van der Waals surface area contributed by atoms with Crippen LogP contribution in [-0.4, -0.2) is 22.9 Å². The summed E-state index contributed by atoms with van der Waals surface area (Å²) < 4.78 is 18.1. The van der Waals surface area contributed by atoms with Crippen LogP contribution < -0.4 is 14.2 Å². The first kappa shape index (κ1) is 19.4. The fourth-order valence-corrected chi connectivity index (χ4v) is 4.45. The fraction of sp³-hybridized carbons (Fsp3) is 0.0435. The summed E-state index contributed by atoms with van der Waals surface area (Å²) in [5.41, 5.74) is 0.682. The molecule has 0 fully saturated rings. The number of carboxylic acids is 1. The van der Waals surface area contributed by atoms with Crippen LogP contribution in [0.1, 0.15) is 10.4 Å². The topological polar surface area (TPSA) is 77.9 Å². The van der Waals surface area contributed by atoms with Crippen molar-refractivity contribution in [2.24, 2.45) is 0 Å². The molecule has 6 nitrogen and oxygen atoms in total. The molecule has 2 aromatic carbocycles. The number of ether oxygens (including phenoxy) is 3. The highest BCUT2D eigenvalue weighted by Crippen LogP contribution is 2.47. The lowest BCUT2D eigenvalue weighted by molar-refractivity contribution is -0.130. The van der Waals surface area contributed by atoms with Crippen LogP contribution in [0.25, 0.3) is 21.7 Å². The minimum absolute atomic E-state index is 0.134. The number of hydrogen-bond acceptors (Lipinski definition) is 6. The van der Waals surface area contributed by atoms with Crippen LogP contribution in [0.15, 0.2) is 60.9 Å². The number of benzene rings is 2. The molecular formula is C23H14ClNO5S. The van der Waals surface area contributed by atoms with Crippen molar-refractivity contribution in [3.8, 4) is 23.0 Å². The Bertz CT molecular complexity index is 1320. The molecule has 0 saturated carbocycles. The van der Waals surface area contributed by atoms with Crippen LogP contribution in [0.5, 0.6) is 23.0 Å². The molecule has 0 bridgehead atoms. The highest BCUT2D eigenvalue weighted by molar-refractivity contribution is 7.20. The third kappa shape index (κ3) is 3.81. The maximum atomic E-state index is 12.0. The standard InChI is InChI=1S/C23H14ClNO5S/c24-14-1-3-15(4-2-14)30-22-17-9-18-19(29-12-28-18)11-20(17)31-21(22)10-16(23(26)27)13-5-7-25-8-6-13/h1-11H,12H2,(H,26,27)/b16-10+. The normalized spacial score (nSPS) is 12.9. The van der Waals surface area contributed by atoms with E-state index >= 15 is 0 Å². The van der Waals surface area contributed by atoms with Crippen molar-refractivity contribution in [1.82, 2.24) is 4.98 Å². The highest BCUT2D eigenvalue weighted by atomic mass is 35.5.